The van der Waals surface area contributed by atoms with Crippen molar-refractivity contribution in [2.24, 2.45) is 0 Å². The SMILES string of the molecule is Cc1nocc1CNC(=O)OC1CCc2c(sc(NC(=O)C=Cc3ccsc3)c2C#N)C1. The highest BCUT2D eigenvalue weighted by Crippen LogP contribution is 2.38. The summed E-state index contributed by atoms with van der Waals surface area (Å²) in [5.41, 5.74) is 3.88. The molecule has 2 N–H and O–H groups in total. The first kappa shape index (κ1) is 21.8. The Morgan fingerprint density at radius 2 is 2.34 bits per heavy atom. The lowest BCUT2D eigenvalue weighted by Gasteiger charge is -2.22. The molecule has 0 saturated heterocycles. The van der Waals surface area contributed by atoms with Crippen molar-refractivity contribution in [3.05, 3.63) is 62.0 Å². The van der Waals surface area contributed by atoms with Crippen LogP contribution in [-0.4, -0.2) is 23.3 Å². The fraction of sp³-hybridized carbons (Fsp3) is 0.273. The lowest BCUT2D eigenvalue weighted by Crippen LogP contribution is -2.31. The second kappa shape index (κ2) is 9.80. The molecule has 1 atom stereocenters. The highest BCUT2D eigenvalue weighted by molar-refractivity contribution is 7.16. The monoisotopic (exact) mass is 468 g/mol. The van der Waals surface area contributed by atoms with E-state index in [0.29, 0.717) is 29.8 Å². The zero-order valence-corrected chi connectivity index (χ0v) is 18.8. The third-order valence-electron chi connectivity index (χ3n) is 5.09. The second-order valence-corrected chi connectivity index (χ2v) is 9.13. The first-order valence-corrected chi connectivity index (χ1v) is 11.7. The Balaban J connectivity index is 1.36. The first-order valence-electron chi connectivity index (χ1n) is 9.93. The van der Waals surface area contributed by atoms with Crippen molar-refractivity contribution in [3.8, 4) is 6.07 Å². The van der Waals surface area contributed by atoms with E-state index in [1.54, 1.807) is 24.3 Å². The van der Waals surface area contributed by atoms with Crippen molar-refractivity contribution in [2.45, 2.75) is 38.8 Å². The van der Waals surface area contributed by atoms with Gasteiger partial charge in [-0.3, -0.25) is 4.79 Å². The van der Waals surface area contributed by atoms with E-state index in [2.05, 4.69) is 21.9 Å². The molecule has 3 aromatic heterocycles. The number of hydrogen-bond acceptors (Lipinski definition) is 8. The van der Waals surface area contributed by atoms with Gasteiger partial charge in [-0.1, -0.05) is 5.16 Å². The number of thiophene rings is 2. The zero-order valence-electron chi connectivity index (χ0n) is 17.2. The fourth-order valence-corrected chi connectivity index (χ4v) is 5.29. The topological polar surface area (TPSA) is 117 Å². The van der Waals surface area contributed by atoms with Crippen LogP contribution in [0, 0.1) is 18.3 Å². The third-order valence-corrected chi connectivity index (χ3v) is 6.96. The number of carbonyl (C=O) groups is 2. The molecule has 1 aliphatic carbocycles. The molecule has 0 aliphatic heterocycles. The van der Waals surface area contributed by atoms with E-state index < -0.39 is 6.09 Å². The molecule has 1 unspecified atom stereocenters. The number of nitriles is 1. The van der Waals surface area contributed by atoms with Crippen LogP contribution in [0.3, 0.4) is 0 Å². The molecule has 3 aromatic rings. The maximum atomic E-state index is 12.3. The van der Waals surface area contributed by atoms with Gasteiger partial charge < -0.3 is 19.9 Å². The highest BCUT2D eigenvalue weighted by atomic mass is 32.1. The molecule has 4 rings (SSSR count). The summed E-state index contributed by atoms with van der Waals surface area (Å²) in [5, 5.41) is 23.3. The molecule has 164 valence electrons. The normalized spacial score (nSPS) is 15.2. The predicted molar refractivity (Wildman–Crippen MR) is 121 cm³/mol. The van der Waals surface area contributed by atoms with Crippen LogP contribution in [0.1, 0.15) is 39.2 Å². The van der Waals surface area contributed by atoms with E-state index in [9.17, 15) is 14.9 Å². The second-order valence-electron chi connectivity index (χ2n) is 7.25. The Bertz CT molecular complexity index is 1190. The number of anilines is 1. The van der Waals surface area contributed by atoms with Crippen molar-refractivity contribution in [2.75, 3.05) is 5.32 Å². The van der Waals surface area contributed by atoms with Crippen molar-refractivity contribution < 1.29 is 18.8 Å². The third kappa shape index (κ3) is 5.07. The molecule has 0 fully saturated rings. The van der Waals surface area contributed by atoms with Crippen LogP contribution in [0.4, 0.5) is 9.80 Å². The van der Waals surface area contributed by atoms with E-state index in [1.807, 2.05) is 16.8 Å². The summed E-state index contributed by atoms with van der Waals surface area (Å²) >= 11 is 2.92. The van der Waals surface area contributed by atoms with Crippen LogP contribution in [0.25, 0.3) is 6.08 Å². The quantitative estimate of drug-likeness (QED) is 0.518. The molecular weight excluding hydrogens is 448 g/mol. The van der Waals surface area contributed by atoms with E-state index >= 15 is 0 Å². The molecule has 32 heavy (non-hydrogen) atoms. The van der Waals surface area contributed by atoms with Gasteiger partial charge in [0.2, 0.25) is 5.91 Å². The van der Waals surface area contributed by atoms with Crippen molar-refractivity contribution in [1.82, 2.24) is 10.5 Å². The number of aromatic nitrogens is 1. The molecule has 10 heteroatoms. The highest BCUT2D eigenvalue weighted by Gasteiger charge is 2.28. The van der Waals surface area contributed by atoms with E-state index in [-0.39, 0.29) is 18.6 Å². The van der Waals surface area contributed by atoms with Gasteiger partial charge in [-0.2, -0.15) is 16.6 Å². The lowest BCUT2D eigenvalue weighted by molar-refractivity contribution is -0.111. The van der Waals surface area contributed by atoms with Crippen LogP contribution in [-0.2, 0) is 28.9 Å². The standard InChI is InChI=1S/C22H20N4O4S2/c1-13-15(11-29-26-13)10-24-22(28)30-16-3-4-17-18(9-23)21(32-19(17)8-16)25-20(27)5-2-14-6-7-31-12-14/h2,5-7,11-12,16H,3-4,8,10H2,1H3,(H,24,28)(H,25,27). The van der Waals surface area contributed by atoms with Gasteiger partial charge in [0, 0.05) is 22.9 Å². The van der Waals surface area contributed by atoms with Crippen LogP contribution in [0.2, 0.25) is 0 Å². The van der Waals surface area contributed by atoms with Crippen LogP contribution in [0.15, 0.2) is 33.7 Å². The maximum Gasteiger partial charge on any atom is 0.407 e. The molecule has 0 aromatic carbocycles. The van der Waals surface area contributed by atoms with Gasteiger partial charge in [-0.05, 0) is 53.8 Å². The number of ether oxygens (including phenoxy) is 1. The Labute approximate surface area is 192 Å². The summed E-state index contributed by atoms with van der Waals surface area (Å²) in [6.45, 7) is 2.07. The van der Waals surface area contributed by atoms with Gasteiger partial charge in [0.05, 0.1) is 17.8 Å². The molecule has 0 spiro atoms. The molecule has 0 radical (unpaired) electrons. The smallest absolute Gasteiger partial charge is 0.407 e. The minimum absolute atomic E-state index is 0.277. The summed E-state index contributed by atoms with van der Waals surface area (Å²) in [6.07, 6.45) is 5.60. The summed E-state index contributed by atoms with van der Waals surface area (Å²) < 4.78 is 10.4. The number of nitrogens with one attached hydrogen (secondary N) is 2. The number of carbonyl (C=O) groups excluding carboxylic acids is 2. The maximum absolute atomic E-state index is 12.3. The Kier molecular flexibility index (Phi) is 6.68. The first-order chi connectivity index (χ1) is 15.5. The molecule has 2 amide bonds. The van der Waals surface area contributed by atoms with E-state index in [4.69, 9.17) is 9.26 Å². The Hall–Kier alpha value is -3.42. The largest absolute Gasteiger partial charge is 0.446 e. The zero-order chi connectivity index (χ0) is 22.5. The van der Waals surface area contributed by atoms with Gasteiger partial charge in [-0.15, -0.1) is 11.3 Å². The van der Waals surface area contributed by atoms with Crippen molar-refractivity contribution in [3.63, 3.8) is 0 Å². The number of alkyl carbamates (subject to hydrolysis) is 1. The molecule has 0 bridgehead atoms. The predicted octanol–water partition coefficient (Wildman–Crippen LogP) is 4.41. The van der Waals surface area contributed by atoms with Crippen LogP contribution >= 0.6 is 22.7 Å². The average molecular weight is 469 g/mol. The summed E-state index contributed by atoms with van der Waals surface area (Å²) in [6, 6.07) is 4.13. The fourth-order valence-electron chi connectivity index (χ4n) is 3.40. The van der Waals surface area contributed by atoms with E-state index in [0.717, 1.165) is 27.3 Å². The van der Waals surface area contributed by atoms with Crippen LogP contribution < -0.4 is 10.6 Å². The molecular formula is C22H20N4O4S2. The minimum Gasteiger partial charge on any atom is -0.446 e. The number of hydrogen-bond donors (Lipinski definition) is 2. The Morgan fingerprint density at radius 3 is 3.06 bits per heavy atom. The average Bonchev–Trinajstić information content (AvgIpc) is 3.50. The van der Waals surface area contributed by atoms with Crippen molar-refractivity contribution in [1.29, 1.82) is 5.26 Å². The molecule has 8 nitrogen and oxygen atoms in total. The van der Waals surface area contributed by atoms with Gasteiger partial charge in [0.1, 0.15) is 23.4 Å². The molecule has 3 heterocycles. The number of rotatable bonds is 6. The van der Waals surface area contributed by atoms with Crippen LogP contribution in [0.5, 0.6) is 0 Å². The molecule has 0 saturated carbocycles. The van der Waals surface area contributed by atoms with Gasteiger partial charge in [0.25, 0.3) is 0 Å². The molecule has 1 aliphatic rings. The van der Waals surface area contributed by atoms with Gasteiger partial charge in [0.15, 0.2) is 0 Å². The number of amides is 2. The van der Waals surface area contributed by atoms with E-state index in [1.165, 1.54) is 23.7 Å². The number of nitrogens with zero attached hydrogens (tertiary/aromatic N) is 2. The Morgan fingerprint density at radius 1 is 1.47 bits per heavy atom. The number of aryl methyl sites for hydroxylation is 1. The summed E-state index contributed by atoms with van der Waals surface area (Å²) in [4.78, 5) is 25.4. The minimum atomic E-state index is -0.511. The van der Waals surface area contributed by atoms with Gasteiger partial charge >= 0.3 is 6.09 Å². The summed E-state index contributed by atoms with van der Waals surface area (Å²) in [7, 11) is 0. The van der Waals surface area contributed by atoms with Gasteiger partial charge in [-0.25, -0.2) is 4.79 Å². The summed E-state index contributed by atoms with van der Waals surface area (Å²) in [5.74, 6) is -0.289. The lowest BCUT2D eigenvalue weighted by atomic mass is 9.94. The van der Waals surface area contributed by atoms with Crippen molar-refractivity contribution >= 4 is 45.8 Å². The number of fused-ring (bicyclic) bond motifs is 1.